The normalized spacial score (nSPS) is 20.6. The van der Waals surface area contributed by atoms with Crippen molar-refractivity contribution in [2.45, 2.75) is 19.3 Å². The Morgan fingerprint density at radius 2 is 1.95 bits per heavy atom. The van der Waals surface area contributed by atoms with E-state index in [0.29, 0.717) is 24.7 Å². The maximum atomic E-state index is 12.2. The Morgan fingerprint density at radius 3 is 2.65 bits per heavy atom. The zero-order valence-corrected chi connectivity index (χ0v) is 12.6. The SMILES string of the molecule is O=C(Nc1cc2c(cc1Br)OCCO2)C1CC=CCC1. The van der Waals surface area contributed by atoms with Gasteiger partial charge in [0.15, 0.2) is 11.5 Å². The molecule has 1 aliphatic carbocycles. The van der Waals surface area contributed by atoms with Crippen LogP contribution in [0.3, 0.4) is 0 Å². The third kappa shape index (κ3) is 2.82. The van der Waals surface area contributed by atoms with Crippen LogP contribution in [0.1, 0.15) is 19.3 Å². The first-order chi connectivity index (χ1) is 9.74. The largest absolute Gasteiger partial charge is 0.486 e. The molecule has 1 N–H and O–H groups in total. The average Bonchev–Trinajstić information content (AvgIpc) is 2.49. The van der Waals surface area contributed by atoms with Crippen molar-refractivity contribution in [1.29, 1.82) is 0 Å². The van der Waals surface area contributed by atoms with Gasteiger partial charge in [-0.15, -0.1) is 0 Å². The number of carbonyl (C=O) groups excluding carboxylic acids is 1. The van der Waals surface area contributed by atoms with Gasteiger partial charge in [-0.3, -0.25) is 4.79 Å². The number of carbonyl (C=O) groups is 1. The summed E-state index contributed by atoms with van der Waals surface area (Å²) in [5.74, 6) is 1.51. The van der Waals surface area contributed by atoms with Crippen LogP contribution in [0.5, 0.6) is 11.5 Å². The first-order valence-corrected chi connectivity index (χ1v) is 7.58. The van der Waals surface area contributed by atoms with Crippen LogP contribution in [0.4, 0.5) is 5.69 Å². The lowest BCUT2D eigenvalue weighted by atomic mass is 9.93. The summed E-state index contributed by atoms with van der Waals surface area (Å²) in [6, 6.07) is 3.65. The number of ether oxygens (including phenoxy) is 2. The molecule has 0 aromatic heterocycles. The monoisotopic (exact) mass is 337 g/mol. The molecule has 1 atom stereocenters. The minimum atomic E-state index is 0.0556. The standard InChI is InChI=1S/C15H16BrNO3/c16-11-8-13-14(20-7-6-19-13)9-12(11)17-15(18)10-4-2-1-3-5-10/h1-2,8-10H,3-7H2,(H,17,18). The molecule has 1 unspecified atom stereocenters. The van der Waals surface area contributed by atoms with Crippen LogP contribution in [-0.4, -0.2) is 19.1 Å². The summed E-state index contributed by atoms with van der Waals surface area (Å²) in [7, 11) is 0. The fraction of sp³-hybridized carbons (Fsp3) is 0.400. The number of halogens is 1. The van der Waals surface area contributed by atoms with Gasteiger partial charge in [0.1, 0.15) is 13.2 Å². The van der Waals surface area contributed by atoms with Gasteiger partial charge in [0.25, 0.3) is 0 Å². The number of anilines is 1. The summed E-state index contributed by atoms with van der Waals surface area (Å²) < 4.78 is 11.8. The molecule has 1 aromatic rings. The van der Waals surface area contributed by atoms with Gasteiger partial charge in [-0.2, -0.15) is 0 Å². The third-order valence-corrected chi connectivity index (χ3v) is 4.19. The minimum Gasteiger partial charge on any atom is -0.486 e. The van der Waals surface area contributed by atoms with Crippen molar-refractivity contribution in [3.63, 3.8) is 0 Å². The van der Waals surface area contributed by atoms with E-state index in [4.69, 9.17) is 9.47 Å². The van der Waals surface area contributed by atoms with Gasteiger partial charge < -0.3 is 14.8 Å². The molecular weight excluding hydrogens is 322 g/mol. The Hall–Kier alpha value is -1.49. The molecule has 0 saturated heterocycles. The Bertz CT molecular complexity index is 556. The molecule has 0 fully saturated rings. The number of benzene rings is 1. The van der Waals surface area contributed by atoms with Gasteiger partial charge in [0, 0.05) is 22.5 Å². The lowest BCUT2D eigenvalue weighted by Crippen LogP contribution is -2.24. The third-order valence-electron chi connectivity index (χ3n) is 3.53. The van der Waals surface area contributed by atoms with Gasteiger partial charge in [-0.05, 0) is 35.2 Å². The lowest BCUT2D eigenvalue weighted by Gasteiger charge is -2.21. The first kappa shape index (κ1) is 13.5. The Labute approximate surface area is 126 Å². The van der Waals surface area contributed by atoms with E-state index in [2.05, 4.69) is 33.4 Å². The Morgan fingerprint density at radius 1 is 1.20 bits per heavy atom. The number of rotatable bonds is 2. The molecule has 106 valence electrons. The van der Waals surface area contributed by atoms with Crippen LogP contribution in [0.25, 0.3) is 0 Å². The van der Waals surface area contributed by atoms with Crippen molar-refractivity contribution < 1.29 is 14.3 Å². The quantitative estimate of drug-likeness (QED) is 0.840. The van der Waals surface area contributed by atoms with E-state index in [0.717, 1.165) is 29.4 Å². The number of hydrogen-bond acceptors (Lipinski definition) is 3. The molecule has 0 bridgehead atoms. The molecule has 1 aliphatic heterocycles. The summed E-state index contributed by atoms with van der Waals surface area (Å²) in [5, 5.41) is 2.97. The Balaban J connectivity index is 1.76. The molecule has 1 heterocycles. The van der Waals surface area contributed by atoms with E-state index in [9.17, 15) is 4.79 Å². The van der Waals surface area contributed by atoms with Gasteiger partial charge in [-0.1, -0.05) is 12.2 Å². The molecule has 5 heteroatoms. The molecule has 2 aliphatic rings. The molecule has 0 spiro atoms. The van der Waals surface area contributed by atoms with E-state index >= 15 is 0 Å². The molecule has 1 aromatic carbocycles. The van der Waals surface area contributed by atoms with E-state index in [1.807, 2.05) is 12.1 Å². The predicted octanol–water partition coefficient (Wildman–Crippen LogP) is 3.52. The van der Waals surface area contributed by atoms with Crippen LogP contribution in [0, 0.1) is 5.92 Å². The van der Waals surface area contributed by atoms with Gasteiger partial charge in [0.2, 0.25) is 5.91 Å². The molecule has 0 saturated carbocycles. The molecule has 4 nitrogen and oxygen atoms in total. The van der Waals surface area contributed by atoms with Crippen LogP contribution >= 0.6 is 15.9 Å². The molecular formula is C15H16BrNO3. The average molecular weight is 338 g/mol. The fourth-order valence-electron chi connectivity index (χ4n) is 2.43. The second-order valence-corrected chi connectivity index (χ2v) is 5.80. The number of fused-ring (bicyclic) bond motifs is 1. The smallest absolute Gasteiger partial charge is 0.227 e. The van der Waals surface area contributed by atoms with E-state index < -0.39 is 0 Å². The van der Waals surface area contributed by atoms with E-state index in [1.54, 1.807) is 0 Å². The van der Waals surface area contributed by atoms with Crippen LogP contribution in [0.2, 0.25) is 0 Å². The highest BCUT2D eigenvalue weighted by atomic mass is 79.9. The lowest BCUT2D eigenvalue weighted by molar-refractivity contribution is -0.120. The highest BCUT2D eigenvalue weighted by molar-refractivity contribution is 9.10. The van der Waals surface area contributed by atoms with Crippen molar-refractivity contribution in [2.75, 3.05) is 18.5 Å². The summed E-state index contributed by atoms with van der Waals surface area (Å²) in [4.78, 5) is 12.2. The first-order valence-electron chi connectivity index (χ1n) is 6.79. The highest BCUT2D eigenvalue weighted by Gasteiger charge is 2.21. The minimum absolute atomic E-state index is 0.0556. The summed E-state index contributed by atoms with van der Waals surface area (Å²) in [5.41, 5.74) is 0.730. The van der Waals surface area contributed by atoms with E-state index in [-0.39, 0.29) is 11.8 Å². The van der Waals surface area contributed by atoms with Gasteiger partial charge in [0.05, 0.1) is 5.69 Å². The zero-order chi connectivity index (χ0) is 13.9. The Kier molecular flexibility index (Phi) is 3.96. The summed E-state index contributed by atoms with van der Waals surface area (Å²) in [6.07, 6.45) is 6.90. The molecule has 0 radical (unpaired) electrons. The highest BCUT2D eigenvalue weighted by Crippen LogP contribution is 2.38. The van der Waals surface area contributed by atoms with Crippen molar-refractivity contribution in [1.82, 2.24) is 0 Å². The van der Waals surface area contributed by atoms with Crippen molar-refractivity contribution in [2.24, 2.45) is 5.92 Å². The van der Waals surface area contributed by atoms with Crippen molar-refractivity contribution >= 4 is 27.5 Å². The second-order valence-electron chi connectivity index (χ2n) is 4.95. The molecule has 20 heavy (non-hydrogen) atoms. The maximum Gasteiger partial charge on any atom is 0.227 e. The molecule has 1 amide bonds. The summed E-state index contributed by atoms with van der Waals surface area (Å²) >= 11 is 3.46. The van der Waals surface area contributed by atoms with Crippen LogP contribution in [-0.2, 0) is 4.79 Å². The zero-order valence-electron chi connectivity index (χ0n) is 11.0. The van der Waals surface area contributed by atoms with Crippen molar-refractivity contribution in [3.05, 3.63) is 28.8 Å². The fourth-order valence-corrected chi connectivity index (χ4v) is 2.85. The topological polar surface area (TPSA) is 47.6 Å². The maximum absolute atomic E-state index is 12.2. The number of amides is 1. The second kappa shape index (κ2) is 5.87. The predicted molar refractivity (Wildman–Crippen MR) is 80.2 cm³/mol. The summed E-state index contributed by atoms with van der Waals surface area (Å²) in [6.45, 7) is 1.09. The number of nitrogens with one attached hydrogen (secondary N) is 1. The van der Waals surface area contributed by atoms with Gasteiger partial charge >= 0.3 is 0 Å². The van der Waals surface area contributed by atoms with Gasteiger partial charge in [-0.25, -0.2) is 0 Å². The number of hydrogen-bond donors (Lipinski definition) is 1. The van der Waals surface area contributed by atoms with Crippen LogP contribution < -0.4 is 14.8 Å². The van der Waals surface area contributed by atoms with Crippen LogP contribution in [0.15, 0.2) is 28.8 Å². The van der Waals surface area contributed by atoms with E-state index in [1.165, 1.54) is 0 Å². The number of allylic oxidation sites excluding steroid dienone is 2. The molecule has 3 rings (SSSR count). The van der Waals surface area contributed by atoms with Crippen molar-refractivity contribution in [3.8, 4) is 11.5 Å².